The molecule has 132 valence electrons. The first-order valence-corrected chi connectivity index (χ1v) is 8.19. The molecule has 0 saturated heterocycles. The zero-order valence-electron chi connectivity index (χ0n) is 15.1. The van der Waals surface area contributed by atoms with Crippen molar-refractivity contribution < 1.29 is 14.3 Å². The molecular weight excluding hydrogens is 316 g/mol. The fourth-order valence-electron chi connectivity index (χ4n) is 2.41. The SMILES string of the molecule is COc1ccc(C(=O)N/N=C(\CC(C)C)c2ccccc2)cc1OC. The van der Waals surface area contributed by atoms with Crippen molar-refractivity contribution in [3.63, 3.8) is 0 Å². The Hall–Kier alpha value is -2.82. The monoisotopic (exact) mass is 340 g/mol. The Morgan fingerprint density at radius 2 is 1.68 bits per heavy atom. The molecule has 1 amide bonds. The quantitative estimate of drug-likeness (QED) is 0.614. The number of hydrogen-bond acceptors (Lipinski definition) is 4. The summed E-state index contributed by atoms with van der Waals surface area (Å²) >= 11 is 0. The molecule has 0 aromatic heterocycles. The van der Waals surface area contributed by atoms with Gasteiger partial charge in [-0.3, -0.25) is 4.79 Å². The van der Waals surface area contributed by atoms with Crippen molar-refractivity contribution in [2.45, 2.75) is 20.3 Å². The highest BCUT2D eigenvalue weighted by atomic mass is 16.5. The number of hydrazone groups is 1. The molecule has 0 aliphatic carbocycles. The van der Waals surface area contributed by atoms with Crippen molar-refractivity contribution in [1.82, 2.24) is 5.43 Å². The van der Waals surface area contributed by atoms with Crippen LogP contribution in [0.5, 0.6) is 11.5 Å². The van der Waals surface area contributed by atoms with Crippen LogP contribution in [0, 0.1) is 5.92 Å². The molecule has 0 atom stereocenters. The van der Waals surface area contributed by atoms with E-state index in [0.717, 1.165) is 17.7 Å². The van der Waals surface area contributed by atoms with E-state index in [-0.39, 0.29) is 5.91 Å². The van der Waals surface area contributed by atoms with Gasteiger partial charge in [-0.05, 0) is 36.1 Å². The van der Waals surface area contributed by atoms with Gasteiger partial charge in [-0.15, -0.1) is 0 Å². The molecule has 1 N–H and O–H groups in total. The Labute approximate surface area is 148 Å². The Morgan fingerprint density at radius 3 is 2.28 bits per heavy atom. The highest BCUT2D eigenvalue weighted by Gasteiger charge is 2.12. The second kappa shape index (κ2) is 8.87. The summed E-state index contributed by atoms with van der Waals surface area (Å²) in [7, 11) is 3.09. The van der Waals surface area contributed by atoms with Gasteiger partial charge in [0.2, 0.25) is 0 Å². The third-order valence-electron chi connectivity index (χ3n) is 3.65. The number of carbonyl (C=O) groups excluding carboxylic acids is 1. The molecule has 0 aliphatic heterocycles. The Balaban J connectivity index is 2.21. The predicted molar refractivity (Wildman–Crippen MR) is 99.4 cm³/mol. The number of nitrogens with one attached hydrogen (secondary N) is 1. The van der Waals surface area contributed by atoms with Gasteiger partial charge in [0.1, 0.15) is 0 Å². The Morgan fingerprint density at radius 1 is 1.00 bits per heavy atom. The molecule has 0 unspecified atom stereocenters. The fraction of sp³-hybridized carbons (Fsp3) is 0.300. The summed E-state index contributed by atoms with van der Waals surface area (Å²) in [6, 6.07) is 14.9. The summed E-state index contributed by atoms with van der Waals surface area (Å²) in [6.45, 7) is 4.24. The van der Waals surface area contributed by atoms with Crippen LogP contribution in [0.1, 0.15) is 36.2 Å². The third kappa shape index (κ3) is 5.08. The smallest absolute Gasteiger partial charge is 0.271 e. The first-order valence-electron chi connectivity index (χ1n) is 8.19. The summed E-state index contributed by atoms with van der Waals surface area (Å²) in [5.41, 5.74) is 4.96. The van der Waals surface area contributed by atoms with Gasteiger partial charge in [0.15, 0.2) is 11.5 Å². The summed E-state index contributed by atoms with van der Waals surface area (Å²) in [5.74, 6) is 1.21. The largest absolute Gasteiger partial charge is 0.493 e. The topological polar surface area (TPSA) is 59.9 Å². The van der Waals surface area contributed by atoms with Gasteiger partial charge in [-0.2, -0.15) is 5.10 Å². The average Bonchev–Trinajstić information content (AvgIpc) is 2.64. The van der Waals surface area contributed by atoms with E-state index in [2.05, 4.69) is 24.4 Å². The van der Waals surface area contributed by atoms with E-state index in [1.54, 1.807) is 25.3 Å². The summed E-state index contributed by atoms with van der Waals surface area (Å²) in [6.07, 6.45) is 0.774. The van der Waals surface area contributed by atoms with Gasteiger partial charge in [0, 0.05) is 5.56 Å². The maximum absolute atomic E-state index is 12.4. The van der Waals surface area contributed by atoms with Crippen LogP contribution in [-0.2, 0) is 0 Å². The number of benzene rings is 2. The van der Waals surface area contributed by atoms with Crippen LogP contribution in [0.4, 0.5) is 0 Å². The highest BCUT2D eigenvalue weighted by molar-refractivity contribution is 6.02. The number of rotatable bonds is 7. The number of amides is 1. The van der Waals surface area contributed by atoms with Crippen molar-refractivity contribution in [3.8, 4) is 11.5 Å². The lowest BCUT2D eigenvalue weighted by Gasteiger charge is -2.11. The molecule has 0 spiro atoms. The second-order valence-corrected chi connectivity index (χ2v) is 6.03. The van der Waals surface area contributed by atoms with Crippen molar-refractivity contribution in [3.05, 3.63) is 59.7 Å². The van der Waals surface area contributed by atoms with Crippen LogP contribution < -0.4 is 14.9 Å². The van der Waals surface area contributed by atoms with E-state index >= 15 is 0 Å². The molecule has 0 fully saturated rings. The average molecular weight is 340 g/mol. The van der Waals surface area contributed by atoms with Crippen LogP contribution in [0.2, 0.25) is 0 Å². The lowest BCUT2D eigenvalue weighted by Crippen LogP contribution is -2.21. The van der Waals surface area contributed by atoms with Crippen molar-refractivity contribution in [2.24, 2.45) is 11.0 Å². The van der Waals surface area contributed by atoms with E-state index in [4.69, 9.17) is 9.47 Å². The molecule has 5 heteroatoms. The summed E-state index contributed by atoms with van der Waals surface area (Å²) < 4.78 is 10.4. The molecule has 2 rings (SSSR count). The van der Waals surface area contributed by atoms with Gasteiger partial charge in [-0.25, -0.2) is 5.43 Å². The molecule has 0 aliphatic rings. The standard InChI is InChI=1S/C20H24N2O3/c1-14(2)12-17(15-8-6-5-7-9-15)21-22-20(23)16-10-11-18(24-3)19(13-16)25-4/h5-11,13-14H,12H2,1-4H3,(H,22,23)/b21-17+. The zero-order valence-corrected chi connectivity index (χ0v) is 15.1. The van der Waals surface area contributed by atoms with Gasteiger partial charge in [0.05, 0.1) is 19.9 Å². The normalized spacial score (nSPS) is 11.3. The van der Waals surface area contributed by atoms with Crippen LogP contribution in [0.15, 0.2) is 53.6 Å². The molecule has 5 nitrogen and oxygen atoms in total. The lowest BCUT2D eigenvalue weighted by atomic mass is 10.0. The second-order valence-electron chi connectivity index (χ2n) is 6.03. The van der Waals surface area contributed by atoms with Gasteiger partial charge in [-0.1, -0.05) is 44.2 Å². The van der Waals surface area contributed by atoms with Gasteiger partial charge < -0.3 is 9.47 Å². The van der Waals surface area contributed by atoms with Crippen molar-refractivity contribution in [2.75, 3.05) is 14.2 Å². The number of carbonyl (C=O) groups is 1. The number of methoxy groups -OCH3 is 2. The van der Waals surface area contributed by atoms with Crippen LogP contribution in [0.25, 0.3) is 0 Å². The Kier molecular flexibility index (Phi) is 6.57. The van der Waals surface area contributed by atoms with E-state index < -0.39 is 0 Å². The minimum Gasteiger partial charge on any atom is -0.493 e. The number of ether oxygens (including phenoxy) is 2. The number of hydrogen-bond donors (Lipinski definition) is 1. The predicted octanol–water partition coefficient (Wildman–Crippen LogP) is 3.88. The van der Waals surface area contributed by atoms with E-state index in [1.165, 1.54) is 7.11 Å². The molecule has 25 heavy (non-hydrogen) atoms. The van der Waals surface area contributed by atoms with E-state index in [1.807, 2.05) is 30.3 Å². The van der Waals surface area contributed by atoms with E-state index in [0.29, 0.717) is 23.0 Å². The molecular formula is C20H24N2O3. The van der Waals surface area contributed by atoms with E-state index in [9.17, 15) is 4.79 Å². The van der Waals surface area contributed by atoms with Crippen molar-refractivity contribution >= 4 is 11.6 Å². The van der Waals surface area contributed by atoms with Crippen LogP contribution in [0.3, 0.4) is 0 Å². The minimum atomic E-state index is -0.293. The number of nitrogens with zero attached hydrogens (tertiary/aromatic N) is 1. The maximum Gasteiger partial charge on any atom is 0.271 e. The first-order chi connectivity index (χ1) is 12.0. The maximum atomic E-state index is 12.4. The van der Waals surface area contributed by atoms with Crippen molar-refractivity contribution in [1.29, 1.82) is 0 Å². The minimum absolute atomic E-state index is 0.293. The lowest BCUT2D eigenvalue weighted by molar-refractivity contribution is 0.0954. The Bertz CT molecular complexity index is 740. The fourth-order valence-corrected chi connectivity index (χ4v) is 2.41. The molecule has 0 radical (unpaired) electrons. The third-order valence-corrected chi connectivity index (χ3v) is 3.65. The summed E-state index contributed by atoms with van der Waals surface area (Å²) in [4.78, 5) is 12.4. The van der Waals surface area contributed by atoms with Crippen LogP contribution in [-0.4, -0.2) is 25.8 Å². The molecule has 2 aromatic carbocycles. The summed E-state index contributed by atoms with van der Waals surface area (Å²) in [5, 5.41) is 4.35. The molecule has 0 saturated carbocycles. The first kappa shape index (κ1) is 18.5. The molecule has 2 aromatic rings. The van der Waals surface area contributed by atoms with Crippen LogP contribution >= 0.6 is 0 Å². The molecule has 0 bridgehead atoms. The van der Waals surface area contributed by atoms with Gasteiger partial charge >= 0.3 is 0 Å². The van der Waals surface area contributed by atoms with Gasteiger partial charge in [0.25, 0.3) is 5.91 Å². The zero-order chi connectivity index (χ0) is 18.2. The highest BCUT2D eigenvalue weighted by Crippen LogP contribution is 2.27. The molecule has 0 heterocycles.